The molecule has 3 amide bonds. The molecular weight excluding hydrogens is 508 g/mol. The van der Waals surface area contributed by atoms with Crippen LogP contribution in [0.3, 0.4) is 0 Å². The molecule has 1 aromatic heterocycles. The van der Waals surface area contributed by atoms with Crippen LogP contribution in [-0.4, -0.2) is 63.4 Å². The molecule has 0 spiro atoms. The summed E-state index contributed by atoms with van der Waals surface area (Å²) < 4.78 is 7.49. The standard InChI is InChI=1S/C30H38N6O4/c1-29(2,31)27(38)33-24(20-40-19-22-12-6-4-7-13-22)26(37)34-25-18-36(21-32-25)30(3,23-14-8-5-9-15-23)28(39)35-16-10-11-17-35/h4-9,12-15,18,21,24H,10-11,16-17,19-20,31H2,1-3H3,(H,33,38)(H,34,37)/t24-,30?/m0/s1. The number of benzene rings is 2. The van der Waals surface area contributed by atoms with Crippen molar-refractivity contribution in [3.8, 4) is 0 Å². The Hall–Kier alpha value is -4.02. The molecule has 0 bridgehead atoms. The molecule has 4 N–H and O–H groups in total. The molecule has 1 unspecified atom stereocenters. The molecule has 2 heterocycles. The average Bonchev–Trinajstić information content (AvgIpc) is 3.65. The summed E-state index contributed by atoms with van der Waals surface area (Å²) in [4.78, 5) is 46.0. The summed E-state index contributed by atoms with van der Waals surface area (Å²) in [6.45, 7) is 6.60. The first-order chi connectivity index (χ1) is 19.1. The molecule has 1 saturated heterocycles. The predicted molar refractivity (Wildman–Crippen MR) is 152 cm³/mol. The normalized spacial score (nSPS) is 15.8. The van der Waals surface area contributed by atoms with E-state index in [0.717, 1.165) is 24.0 Å². The molecule has 2 atom stereocenters. The van der Waals surface area contributed by atoms with Crippen LogP contribution in [0.2, 0.25) is 0 Å². The number of anilines is 1. The zero-order valence-corrected chi connectivity index (χ0v) is 23.3. The van der Waals surface area contributed by atoms with Crippen LogP contribution >= 0.6 is 0 Å². The van der Waals surface area contributed by atoms with E-state index in [9.17, 15) is 14.4 Å². The third-order valence-electron chi connectivity index (χ3n) is 7.10. The summed E-state index contributed by atoms with van der Waals surface area (Å²) in [7, 11) is 0. The molecule has 10 nitrogen and oxygen atoms in total. The molecule has 1 aliphatic rings. The zero-order valence-electron chi connectivity index (χ0n) is 23.3. The van der Waals surface area contributed by atoms with E-state index in [0.29, 0.717) is 13.1 Å². The average molecular weight is 547 g/mol. The lowest BCUT2D eigenvalue weighted by Gasteiger charge is -2.34. The van der Waals surface area contributed by atoms with Gasteiger partial charge in [-0.2, -0.15) is 0 Å². The number of nitrogens with two attached hydrogens (primary N) is 1. The molecule has 1 aliphatic heterocycles. The van der Waals surface area contributed by atoms with Crippen LogP contribution in [0, 0.1) is 0 Å². The number of likely N-dealkylation sites (tertiary alicyclic amines) is 1. The van der Waals surface area contributed by atoms with Crippen molar-refractivity contribution in [2.45, 2.75) is 57.3 Å². The highest BCUT2D eigenvalue weighted by Gasteiger charge is 2.41. The molecule has 212 valence electrons. The molecule has 10 heteroatoms. The number of nitrogens with zero attached hydrogens (tertiary/aromatic N) is 3. The van der Waals surface area contributed by atoms with Gasteiger partial charge in [-0.3, -0.25) is 14.4 Å². The van der Waals surface area contributed by atoms with Gasteiger partial charge in [0.05, 0.1) is 25.1 Å². The first-order valence-corrected chi connectivity index (χ1v) is 13.5. The third-order valence-corrected chi connectivity index (χ3v) is 7.10. The van der Waals surface area contributed by atoms with Gasteiger partial charge >= 0.3 is 0 Å². The van der Waals surface area contributed by atoms with E-state index < -0.39 is 28.9 Å². The summed E-state index contributed by atoms with van der Waals surface area (Å²) >= 11 is 0. The molecular formula is C30H38N6O4. The highest BCUT2D eigenvalue weighted by Crippen LogP contribution is 2.31. The fourth-order valence-corrected chi connectivity index (χ4v) is 4.62. The van der Waals surface area contributed by atoms with Gasteiger partial charge in [0.1, 0.15) is 11.6 Å². The summed E-state index contributed by atoms with van der Waals surface area (Å²) in [5.74, 6) is -0.788. The van der Waals surface area contributed by atoms with Crippen molar-refractivity contribution in [2.24, 2.45) is 5.73 Å². The van der Waals surface area contributed by atoms with Gasteiger partial charge < -0.3 is 30.6 Å². The SMILES string of the molecule is CC(C)(N)C(=O)N[C@@H](COCc1ccccc1)C(=O)Nc1cn(C(C)(C(=O)N2CCCC2)c2ccccc2)cn1. The molecule has 0 saturated carbocycles. The highest BCUT2D eigenvalue weighted by atomic mass is 16.5. The predicted octanol–water partition coefficient (Wildman–Crippen LogP) is 2.65. The van der Waals surface area contributed by atoms with E-state index in [1.165, 1.54) is 0 Å². The second-order valence-corrected chi connectivity index (χ2v) is 10.8. The van der Waals surface area contributed by atoms with Crippen LogP contribution in [0.25, 0.3) is 0 Å². The lowest BCUT2D eigenvalue weighted by atomic mass is 9.90. The van der Waals surface area contributed by atoms with Gasteiger partial charge in [0.15, 0.2) is 5.82 Å². The van der Waals surface area contributed by atoms with Gasteiger partial charge in [0, 0.05) is 19.3 Å². The third kappa shape index (κ3) is 6.75. The van der Waals surface area contributed by atoms with Crippen molar-refractivity contribution >= 4 is 23.5 Å². The number of imidazole rings is 1. The topological polar surface area (TPSA) is 132 Å². The van der Waals surface area contributed by atoms with Gasteiger partial charge in [0.25, 0.3) is 11.8 Å². The molecule has 4 rings (SSSR count). The number of aromatic nitrogens is 2. The van der Waals surface area contributed by atoms with E-state index in [2.05, 4.69) is 15.6 Å². The summed E-state index contributed by atoms with van der Waals surface area (Å²) in [6.07, 6.45) is 5.12. The minimum atomic E-state index is -1.19. The van der Waals surface area contributed by atoms with Crippen molar-refractivity contribution in [2.75, 3.05) is 25.0 Å². The van der Waals surface area contributed by atoms with E-state index in [1.807, 2.05) is 72.5 Å². The van der Waals surface area contributed by atoms with Crippen LogP contribution in [-0.2, 0) is 31.3 Å². The van der Waals surface area contributed by atoms with Crippen LogP contribution in [0.1, 0.15) is 44.7 Å². The Morgan fingerprint density at radius 1 is 1.00 bits per heavy atom. The van der Waals surface area contributed by atoms with Gasteiger partial charge in [-0.25, -0.2) is 4.98 Å². The molecule has 2 aromatic carbocycles. The smallest absolute Gasteiger partial charge is 0.253 e. The second kappa shape index (κ2) is 12.4. The maximum atomic E-state index is 13.8. The summed E-state index contributed by atoms with van der Waals surface area (Å²) in [5.41, 5.74) is 5.46. The molecule has 0 aliphatic carbocycles. The van der Waals surface area contributed by atoms with Crippen LogP contribution < -0.4 is 16.4 Å². The number of carbonyl (C=O) groups excluding carboxylic acids is 3. The van der Waals surface area contributed by atoms with Crippen molar-refractivity contribution in [3.05, 3.63) is 84.3 Å². The van der Waals surface area contributed by atoms with E-state index in [-0.39, 0.29) is 24.9 Å². The quantitative estimate of drug-likeness (QED) is 0.339. The van der Waals surface area contributed by atoms with Crippen molar-refractivity contribution < 1.29 is 19.1 Å². The van der Waals surface area contributed by atoms with E-state index in [4.69, 9.17) is 10.5 Å². The number of ether oxygens (including phenoxy) is 1. The van der Waals surface area contributed by atoms with Gasteiger partial charge in [-0.05, 0) is 44.7 Å². The molecule has 0 radical (unpaired) electrons. The lowest BCUT2D eigenvalue weighted by molar-refractivity contribution is -0.137. The van der Waals surface area contributed by atoms with Crippen LogP contribution in [0.4, 0.5) is 5.82 Å². The monoisotopic (exact) mass is 546 g/mol. The maximum absolute atomic E-state index is 13.8. The Morgan fingerprint density at radius 3 is 2.25 bits per heavy atom. The molecule has 1 fully saturated rings. The fraction of sp³-hybridized carbons (Fsp3) is 0.400. The first-order valence-electron chi connectivity index (χ1n) is 13.5. The number of carbonyl (C=O) groups is 3. The fourth-order valence-electron chi connectivity index (χ4n) is 4.62. The molecule has 3 aromatic rings. The van der Waals surface area contributed by atoms with Gasteiger partial charge in [-0.1, -0.05) is 60.7 Å². The Morgan fingerprint density at radius 2 is 1.62 bits per heavy atom. The lowest BCUT2D eigenvalue weighted by Crippen LogP contribution is -2.56. The largest absolute Gasteiger partial charge is 0.374 e. The van der Waals surface area contributed by atoms with Gasteiger partial charge in [-0.15, -0.1) is 0 Å². The second-order valence-electron chi connectivity index (χ2n) is 10.8. The first kappa shape index (κ1) is 29.0. The highest BCUT2D eigenvalue weighted by molar-refractivity contribution is 5.98. The van der Waals surface area contributed by atoms with Crippen molar-refractivity contribution in [1.29, 1.82) is 0 Å². The Kier molecular flexibility index (Phi) is 9.01. The summed E-state index contributed by atoms with van der Waals surface area (Å²) in [5, 5.41) is 5.45. The Balaban J connectivity index is 1.53. The number of rotatable bonds is 11. The molecule has 40 heavy (non-hydrogen) atoms. The van der Waals surface area contributed by atoms with Crippen molar-refractivity contribution in [3.63, 3.8) is 0 Å². The Bertz CT molecular complexity index is 1300. The van der Waals surface area contributed by atoms with Crippen molar-refractivity contribution in [1.82, 2.24) is 19.8 Å². The minimum absolute atomic E-state index is 0.0314. The van der Waals surface area contributed by atoms with Gasteiger partial charge in [0.2, 0.25) is 5.91 Å². The number of amides is 3. The van der Waals surface area contributed by atoms with E-state index in [1.54, 1.807) is 30.9 Å². The van der Waals surface area contributed by atoms with Crippen LogP contribution in [0.5, 0.6) is 0 Å². The number of hydrogen-bond donors (Lipinski definition) is 3. The minimum Gasteiger partial charge on any atom is -0.374 e. The van der Waals surface area contributed by atoms with Crippen LogP contribution in [0.15, 0.2) is 73.2 Å². The van der Waals surface area contributed by atoms with E-state index >= 15 is 0 Å². The number of nitrogens with one attached hydrogen (secondary N) is 2. The summed E-state index contributed by atoms with van der Waals surface area (Å²) in [6, 6.07) is 18.0. The number of hydrogen-bond acceptors (Lipinski definition) is 6. The Labute approximate surface area is 234 Å². The zero-order chi connectivity index (χ0) is 28.8. The maximum Gasteiger partial charge on any atom is 0.253 e.